The van der Waals surface area contributed by atoms with E-state index in [0.717, 1.165) is 12.8 Å². The number of nitrogens with zero attached hydrogens (tertiary/aromatic N) is 3. The maximum atomic E-state index is 12.1. The Kier molecular flexibility index (Phi) is 3.54. The van der Waals surface area contributed by atoms with Crippen LogP contribution in [-0.2, 0) is 6.54 Å². The number of nitriles is 1. The Morgan fingerprint density at radius 3 is 3.06 bits per heavy atom. The van der Waals surface area contributed by atoms with Gasteiger partial charge in [0.25, 0.3) is 5.56 Å². The lowest BCUT2D eigenvalue weighted by Gasteiger charge is -2.05. The first-order valence-electron chi connectivity index (χ1n) is 5.76. The monoisotopic (exact) mass is 239 g/mol. The van der Waals surface area contributed by atoms with Gasteiger partial charge in [0.15, 0.2) is 0 Å². The molecule has 0 radical (unpaired) electrons. The third-order valence-corrected chi connectivity index (χ3v) is 2.76. The molecule has 18 heavy (non-hydrogen) atoms. The van der Waals surface area contributed by atoms with Crippen LogP contribution < -0.4 is 5.56 Å². The van der Waals surface area contributed by atoms with Crippen molar-refractivity contribution in [2.75, 3.05) is 0 Å². The Labute approximate surface area is 105 Å². The second-order valence-electron chi connectivity index (χ2n) is 4.02. The summed E-state index contributed by atoms with van der Waals surface area (Å²) in [5.74, 6) is 0. The molecule has 2 rings (SSSR count). The van der Waals surface area contributed by atoms with Crippen molar-refractivity contribution in [3.8, 4) is 6.07 Å². The minimum Gasteiger partial charge on any atom is -0.299 e. The zero-order valence-electron chi connectivity index (χ0n) is 9.97. The molecule has 4 nitrogen and oxygen atoms in total. The number of aryl methyl sites for hydroxylation is 1. The van der Waals surface area contributed by atoms with Gasteiger partial charge in [-0.25, -0.2) is 4.98 Å². The number of hydrogen-bond donors (Lipinski definition) is 0. The Balaban J connectivity index is 2.42. The molecule has 1 heterocycles. The fraction of sp³-hybridized carbons (Fsp3) is 0.214. The van der Waals surface area contributed by atoms with Crippen molar-refractivity contribution in [3.05, 3.63) is 53.1 Å². The molecule has 0 amide bonds. The zero-order valence-corrected chi connectivity index (χ0v) is 9.97. The molecule has 4 heteroatoms. The summed E-state index contributed by atoms with van der Waals surface area (Å²) >= 11 is 0. The van der Waals surface area contributed by atoms with Gasteiger partial charge in [0.2, 0.25) is 0 Å². The van der Waals surface area contributed by atoms with E-state index in [-0.39, 0.29) is 5.56 Å². The number of hydrogen-bond acceptors (Lipinski definition) is 3. The quantitative estimate of drug-likeness (QED) is 0.607. The van der Waals surface area contributed by atoms with E-state index in [0.29, 0.717) is 23.0 Å². The lowest BCUT2D eigenvalue weighted by atomic mass is 10.2. The summed E-state index contributed by atoms with van der Waals surface area (Å²) in [5, 5.41) is 9.34. The average Bonchev–Trinajstić information content (AvgIpc) is 2.41. The first-order valence-corrected chi connectivity index (χ1v) is 5.76. The summed E-state index contributed by atoms with van der Waals surface area (Å²) in [6, 6.07) is 6.96. The van der Waals surface area contributed by atoms with Crippen LogP contribution in [0.25, 0.3) is 10.9 Å². The molecule has 0 aliphatic rings. The molecule has 0 N–H and O–H groups in total. The normalized spacial score (nSPS) is 10.2. The molecular formula is C14H13N3O. The molecule has 0 fully saturated rings. The second kappa shape index (κ2) is 5.28. The maximum absolute atomic E-state index is 12.1. The van der Waals surface area contributed by atoms with Gasteiger partial charge in [-0.05, 0) is 31.0 Å². The van der Waals surface area contributed by atoms with E-state index in [1.807, 2.05) is 12.1 Å². The highest BCUT2D eigenvalue weighted by Gasteiger charge is 2.04. The number of fused-ring (bicyclic) bond motifs is 1. The molecule has 0 saturated heterocycles. The lowest BCUT2D eigenvalue weighted by Crippen LogP contribution is -2.20. The van der Waals surface area contributed by atoms with Crippen LogP contribution in [0.4, 0.5) is 0 Å². The summed E-state index contributed by atoms with van der Waals surface area (Å²) in [4.78, 5) is 16.4. The van der Waals surface area contributed by atoms with Crippen LogP contribution in [0, 0.1) is 11.3 Å². The van der Waals surface area contributed by atoms with Crippen molar-refractivity contribution in [3.63, 3.8) is 0 Å². The van der Waals surface area contributed by atoms with Gasteiger partial charge in [-0.2, -0.15) is 5.26 Å². The van der Waals surface area contributed by atoms with Gasteiger partial charge in [0.1, 0.15) is 0 Å². The van der Waals surface area contributed by atoms with Crippen LogP contribution in [0.1, 0.15) is 18.4 Å². The summed E-state index contributed by atoms with van der Waals surface area (Å²) in [6.07, 6.45) is 5.11. The standard InChI is InChI=1S/C14H13N3O/c1-2-3-4-7-17-10-16-13-8-11(9-15)5-6-12(13)14(17)18/h2,5-6,8,10H,1,3-4,7H2. The van der Waals surface area contributed by atoms with E-state index in [1.54, 1.807) is 22.8 Å². The molecule has 0 atom stereocenters. The van der Waals surface area contributed by atoms with Crippen LogP contribution >= 0.6 is 0 Å². The minimum absolute atomic E-state index is 0.0615. The Morgan fingerprint density at radius 2 is 2.33 bits per heavy atom. The number of benzene rings is 1. The van der Waals surface area contributed by atoms with Crippen molar-refractivity contribution >= 4 is 10.9 Å². The van der Waals surface area contributed by atoms with Crippen molar-refractivity contribution in [2.24, 2.45) is 0 Å². The minimum atomic E-state index is -0.0615. The van der Waals surface area contributed by atoms with Crippen molar-refractivity contribution in [1.29, 1.82) is 5.26 Å². The van der Waals surface area contributed by atoms with E-state index >= 15 is 0 Å². The molecule has 90 valence electrons. The Bertz CT molecular complexity index is 679. The molecule has 0 aliphatic heterocycles. The van der Waals surface area contributed by atoms with E-state index in [4.69, 9.17) is 5.26 Å². The number of aromatic nitrogens is 2. The molecular weight excluding hydrogens is 226 g/mol. The summed E-state index contributed by atoms with van der Waals surface area (Å²) in [7, 11) is 0. The van der Waals surface area contributed by atoms with E-state index < -0.39 is 0 Å². The average molecular weight is 239 g/mol. The van der Waals surface area contributed by atoms with Crippen LogP contribution in [-0.4, -0.2) is 9.55 Å². The Morgan fingerprint density at radius 1 is 1.50 bits per heavy atom. The summed E-state index contributed by atoms with van der Waals surface area (Å²) in [5.41, 5.74) is 1.02. The smallest absolute Gasteiger partial charge is 0.261 e. The van der Waals surface area contributed by atoms with Gasteiger partial charge in [-0.3, -0.25) is 9.36 Å². The predicted octanol–water partition coefficient (Wildman–Crippen LogP) is 2.23. The van der Waals surface area contributed by atoms with Gasteiger partial charge in [0.05, 0.1) is 28.9 Å². The predicted molar refractivity (Wildman–Crippen MR) is 70.1 cm³/mol. The summed E-state index contributed by atoms with van der Waals surface area (Å²) < 4.78 is 1.60. The molecule has 1 aromatic heterocycles. The molecule has 0 bridgehead atoms. The SMILES string of the molecule is C=CCCCn1cnc2cc(C#N)ccc2c1=O. The van der Waals surface area contributed by atoms with Crippen molar-refractivity contribution in [1.82, 2.24) is 9.55 Å². The lowest BCUT2D eigenvalue weighted by molar-refractivity contribution is 0.624. The van der Waals surface area contributed by atoms with Gasteiger partial charge in [-0.1, -0.05) is 6.08 Å². The van der Waals surface area contributed by atoms with Gasteiger partial charge in [0, 0.05) is 6.54 Å². The first-order chi connectivity index (χ1) is 8.76. The third kappa shape index (κ3) is 2.30. The van der Waals surface area contributed by atoms with Gasteiger partial charge < -0.3 is 0 Å². The molecule has 1 aromatic carbocycles. The van der Waals surface area contributed by atoms with Crippen LogP contribution in [0.5, 0.6) is 0 Å². The van der Waals surface area contributed by atoms with Gasteiger partial charge >= 0.3 is 0 Å². The fourth-order valence-electron chi connectivity index (χ4n) is 1.79. The maximum Gasteiger partial charge on any atom is 0.261 e. The van der Waals surface area contributed by atoms with Gasteiger partial charge in [-0.15, -0.1) is 6.58 Å². The summed E-state index contributed by atoms with van der Waals surface area (Å²) in [6.45, 7) is 4.28. The fourth-order valence-corrected chi connectivity index (χ4v) is 1.79. The number of unbranched alkanes of at least 4 members (excludes halogenated alkanes) is 1. The van der Waals surface area contributed by atoms with Crippen molar-refractivity contribution in [2.45, 2.75) is 19.4 Å². The molecule has 2 aromatic rings. The molecule has 0 spiro atoms. The third-order valence-electron chi connectivity index (χ3n) is 2.76. The van der Waals surface area contributed by atoms with Crippen LogP contribution in [0.2, 0.25) is 0 Å². The topological polar surface area (TPSA) is 58.7 Å². The molecule has 0 unspecified atom stereocenters. The molecule has 0 saturated carbocycles. The highest BCUT2D eigenvalue weighted by atomic mass is 16.1. The highest BCUT2D eigenvalue weighted by Crippen LogP contribution is 2.09. The van der Waals surface area contributed by atoms with Crippen LogP contribution in [0.3, 0.4) is 0 Å². The number of rotatable bonds is 4. The first kappa shape index (κ1) is 12.1. The van der Waals surface area contributed by atoms with E-state index in [9.17, 15) is 4.79 Å². The Hall–Kier alpha value is -2.41. The highest BCUT2D eigenvalue weighted by molar-refractivity contribution is 5.78. The molecule has 0 aliphatic carbocycles. The van der Waals surface area contributed by atoms with E-state index in [2.05, 4.69) is 11.6 Å². The van der Waals surface area contributed by atoms with Crippen molar-refractivity contribution < 1.29 is 0 Å². The largest absolute Gasteiger partial charge is 0.299 e. The number of allylic oxidation sites excluding steroid dienone is 1. The second-order valence-corrected chi connectivity index (χ2v) is 4.02. The van der Waals surface area contributed by atoms with E-state index in [1.165, 1.54) is 6.33 Å². The van der Waals surface area contributed by atoms with Crippen LogP contribution in [0.15, 0.2) is 42.0 Å². The zero-order chi connectivity index (χ0) is 13.0.